The van der Waals surface area contributed by atoms with E-state index in [0.717, 1.165) is 5.56 Å². The molecular weight excluding hydrogens is 320 g/mol. The number of carbonyl (C=O) groups excluding carboxylic acids is 2. The summed E-state index contributed by atoms with van der Waals surface area (Å²) in [7, 11) is 0. The molecule has 0 amide bonds. The molecule has 0 aromatic heterocycles. The van der Waals surface area contributed by atoms with Crippen LogP contribution in [-0.4, -0.2) is 27.7 Å². The molecule has 5 nitrogen and oxygen atoms in total. The molecule has 25 heavy (non-hydrogen) atoms. The maximum Gasteiger partial charge on any atom is 0.336 e. The molecule has 5 heteroatoms. The number of aromatic hydroxyl groups is 1. The third-order valence-electron chi connectivity index (χ3n) is 3.34. The number of benzene rings is 2. The summed E-state index contributed by atoms with van der Waals surface area (Å²) in [5, 5.41) is 18.3. The zero-order valence-electron chi connectivity index (χ0n) is 13.3. The lowest BCUT2D eigenvalue weighted by molar-refractivity contribution is -0.121. The van der Waals surface area contributed by atoms with Crippen molar-refractivity contribution < 1.29 is 24.6 Å². The predicted molar refractivity (Wildman–Crippen MR) is 94.2 cm³/mol. The SMILES string of the molecule is O=C(/C=C/c1ccc(O)cc1)CC(=O)/C=C/c1ccccc1C(=O)O. The van der Waals surface area contributed by atoms with E-state index >= 15 is 0 Å². The average molecular weight is 336 g/mol. The smallest absolute Gasteiger partial charge is 0.336 e. The summed E-state index contributed by atoms with van der Waals surface area (Å²) in [5.74, 6) is -1.74. The Morgan fingerprint density at radius 1 is 0.840 bits per heavy atom. The van der Waals surface area contributed by atoms with Gasteiger partial charge in [0.1, 0.15) is 5.75 Å². The molecule has 0 bridgehead atoms. The second-order valence-electron chi connectivity index (χ2n) is 5.26. The summed E-state index contributed by atoms with van der Waals surface area (Å²) in [6.45, 7) is 0. The normalized spacial score (nSPS) is 11.0. The van der Waals surface area contributed by atoms with Gasteiger partial charge in [0.15, 0.2) is 11.6 Å². The van der Waals surface area contributed by atoms with E-state index in [2.05, 4.69) is 0 Å². The van der Waals surface area contributed by atoms with E-state index in [9.17, 15) is 19.5 Å². The molecule has 0 atom stereocenters. The van der Waals surface area contributed by atoms with E-state index in [-0.39, 0.29) is 23.5 Å². The lowest BCUT2D eigenvalue weighted by Gasteiger charge is -1.99. The van der Waals surface area contributed by atoms with Gasteiger partial charge in [-0.2, -0.15) is 0 Å². The van der Waals surface area contributed by atoms with Crippen LogP contribution in [0.2, 0.25) is 0 Å². The molecule has 126 valence electrons. The van der Waals surface area contributed by atoms with Crippen LogP contribution in [-0.2, 0) is 9.59 Å². The predicted octanol–water partition coefficient (Wildman–Crippen LogP) is 3.35. The molecule has 2 aromatic carbocycles. The van der Waals surface area contributed by atoms with Gasteiger partial charge in [-0.1, -0.05) is 42.5 Å². The number of carboxylic acids is 1. The van der Waals surface area contributed by atoms with Gasteiger partial charge in [-0.3, -0.25) is 9.59 Å². The van der Waals surface area contributed by atoms with Crippen LogP contribution in [0.4, 0.5) is 0 Å². The van der Waals surface area contributed by atoms with Crippen LogP contribution >= 0.6 is 0 Å². The number of carbonyl (C=O) groups is 3. The third kappa shape index (κ3) is 5.58. The minimum atomic E-state index is -1.08. The number of phenols is 1. The van der Waals surface area contributed by atoms with Gasteiger partial charge in [0.2, 0.25) is 0 Å². The quantitative estimate of drug-likeness (QED) is 0.597. The highest BCUT2D eigenvalue weighted by Crippen LogP contribution is 2.12. The van der Waals surface area contributed by atoms with Crippen LogP contribution < -0.4 is 0 Å². The summed E-state index contributed by atoms with van der Waals surface area (Å²) >= 11 is 0. The molecule has 0 aliphatic rings. The fourth-order valence-corrected chi connectivity index (χ4v) is 2.08. The maximum atomic E-state index is 11.8. The first kappa shape index (κ1) is 17.9. The van der Waals surface area contributed by atoms with Gasteiger partial charge in [0, 0.05) is 0 Å². The number of phenolic OH excluding ortho intramolecular Hbond substituents is 1. The van der Waals surface area contributed by atoms with Gasteiger partial charge in [0.25, 0.3) is 0 Å². The minimum Gasteiger partial charge on any atom is -0.508 e. The van der Waals surface area contributed by atoms with Crippen molar-refractivity contribution in [3.8, 4) is 5.75 Å². The first-order chi connectivity index (χ1) is 12.0. The molecule has 0 unspecified atom stereocenters. The molecule has 2 aromatic rings. The van der Waals surface area contributed by atoms with Gasteiger partial charge < -0.3 is 10.2 Å². The Hall–Kier alpha value is -3.47. The lowest BCUT2D eigenvalue weighted by atomic mass is 10.1. The van der Waals surface area contributed by atoms with Crippen LogP contribution in [0.1, 0.15) is 27.9 Å². The largest absolute Gasteiger partial charge is 0.508 e. The number of rotatable bonds is 7. The highest BCUT2D eigenvalue weighted by molar-refractivity contribution is 6.11. The summed E-state index contributed by atoms with van der Waals surface area (Å²) in [4.78, 5) is 34.7. The van der Waals surface area contributed by atoms with Crippen molar-refractivity contribution in [1.29, 1.82) is 0 Å². The van der Waals surface area contributed by atoms with Crippen molar-refractivity contribution in [2.45, 2.75) is 6.42 Å². The molecule has 0 spiro atoms. The number of hydrogen-bond acceptors (Lipinski definition) is 4. The first-order valence-electron chi connectivity index (χ1n) is 7.49. The monoisotopic (exact) mass is 336 g/mol. The van der Waals surface area contributed by atoms with E-state index in [1.165, 1.54) is 36.4 Å². The van der Waals surface area contributed by atoms with Crippen molar-refractivity contribution in [2.24, 2.45) is 0 Å². The van der Waals surface area contributed by atoms with Crippen molar-refractivity contribution in [2.75, 3.05) is 0 Å². The summed E-state index contributed by atoms with van der Waals surface area (Å²) in [5.41, 5.74) is 1.21. The number of allylic oxidation sites excluding steroid dienone is 2. The second-order valence-corrected chi connectivity index (χ2v) is 5.26. The zero-order chi connectivity index (χ0) is 18.2. The van der Waals surface area contributed by atoms with Crippen molar-refractivity contribution >= 4 is 29.7 Å². The molecule has 0 saturated heterocycles. The van der Waals surface area contributed by atoms with E-state index in [1.54, 1.807) is 36.4 Å². The van der Waals surface area contributed by atoms with Crippen molar-refractivity contribution in [1.82, 2.24) is 0 Å². The Morgan fingerprint density at radius 3 is 2.08 bits per heavy atom. The molecule has 0 aliphatic carbocycles. The van der Waals surface area contributed by atoms with Gasteiger partial charge in [-0.15, -0.1) is 0 Å². The molecule has 2 rings (SSSR count). The van der Waals surface area contributed by atoms with E-state index < -0.39 is 11.8 Å². The molecular formula is C20H16O5. The van der Waals surface area contributed by atoms with Crippen LogP contribution in [0.3, 0.4) is 0 Å². The van der Waals surface area contributed by atoms with E-state index in [4.69, 9.17) is 5.11 Å². The Bertz CT molecular complexity index is 845. The Kier molecular flexibility index (Phi) is 6.01. The molecule has 2 N–H and O–H groups in total. The van der Waals surface area contributed by atoms with Gasteiger partial charge >= 0.3 is 5.97 Å². The van der Waals surface area contributed by atoms with Gasteiger partial charge in [-0.05, 0) is 41.5 Å². The van der Waals surface area contributed by atoms with Crippen LogP contribution in [0.5, 0.6) is 5.75 Å². The van der Waals surface area contributed by atoms with Crippen LogP contribution in [0.15, 0.2) is 60.7 Å². The highest BCUT2D eigenvalue weighted by atomic mass is 16.4. The highest BCUT2D eigenvalue weighted by Gasteiger charge is 2.08. The Balaban J connectivity index is 1.96. The number of ketones is 2. The van der Waals surface area contributed by atoms with E-state index in [0.29, 0.717) is 5.56 Å². The van der Waals surface area contributed by atoms with Gasteiger partial charge in [-0.25, -0.2) is 4.79 Å². The molecule has 0 saturated carbocycles. The zero-order valence-corrected chi connectivity index (χ0v) is 13.3. The number of aromatic carboxylic acids is 1. The summed E-state index contributed by atoms with van der Waals surface area (Å²) < 4.78 is 0. The van der Waals surface area contributed by atoms with Crippen LogP contribution in [0, 0.1) is 0 Å². The molecule has 0 radical (unpaired) electrons. The lowest BCUT2D eigenvalue weighted by Crippen LogP contribution is -2.03. The molecule has 0 heterocycles. The summed E-state index contributed by atoms with van der Waals surface area (Å²) in [6, 6.07) is 12.6. The Morgan fingerprint density at radius 2 is 1.44 bits per heavy atom. The molecule has 0 fully saturated rings. The molecule has 0 aliphatic heterocycles. The van der Waals surface area contributed by atoms with E-state index in [1.807, 2.05) is 0 Å². The topological polar surface area (TPSA) is 91.7 Å². The Labute approximate surface area is 144 Å². The van der Waals surface area contributed by atoms with Crippen molar-refractivity contribution in [3.05, 3.63) is 77.4 Å². The minimum absolute atomic E-state index is 0.0881. The fourth-order valence-electron chi connectivity index (χ4n) is 2.08. The maximum absolute atomic E-state index is 11.8. The fraction of sp³-hybridized carbons (Fsp3) is 0.0500. The standard InChI is InChI=1S/C20H16O5/c21-16-9-5-14(6-10-16)7-11-17(22)13-18(23)12-8-15-3-1-2-4-19(15)20(24)25/h1-12,21H,13H2,(H,24,25)/b11-7+,12-8+. The average Bonchev–Trinajstić information content (AvgIpc) is 2.59. The third-order valence-corrected chi connectivity index (χ3v) is 3.34. The number of carboxylic acid groups (broad SMARTS) is 1. The number of hydrogen-bond donors (Lipinski definition) is 2. The van der Waals surface area contributed by atoms with Gasteiger partial charge in [0.05, 0.1) is 12.0 Å². The van der Waals surface area contributed by atoms with Crippen molar-refractivity contribution in [3.63, 3.8) is 0 Å². The second kappa shape index (κ2) is 8.40. The first-order valence-corrected chi connectivity index (χ1v) is 7.49. The summed E-state index contributed by atoms with van der Waals surface area (Å²) in [6.07, 6.45) is 5.14. The van der Waals surface area contributed by atoms with Crippen LogP contribution in [0.25, 0.3) is 12.2 Å².